The first kappa shape index (κ1) is 11.8. The normalized spacial score (nSPS) is 12.4. The zero-order valence-corrected chi connectivity index (χ0v) is 10.00. The summed E-state index contributed by atoms with van der Waals surface area (Å²) in [6, 6.07) is 9.89. The van der Waals surface area contributed by atoms with Crippen LogP contribution in [0.2, 0.25) is 0 Å². The second-order valence-corrected chi connectivity index (χ2v) is 4.89. The molecule has 1 N–H and O–H groups in total. The maximum Gasteiger partial charge on any atom is 0.311 e. The van der Waals surface area contributed by atoms with E-state index in [0.29, 0.717) is 0 Å². The number of rotatable bonds is 3. The molecule has 1 unspecified atom stereocenters. The molecular weight excluding hydrogens is 239 g/mol. The van der Waals surface area contributed by atoms with Gasteiger partial charge in [0.25, 0.3) is 0 Å². The smallest absolute Gasteiger partial charge is 0.311 e. The molecular formula is C13H11FO2S. The number of thiophene rings is 1. The number of benzene rings is 1. The third-order valence-corrected chi connectivity index (χ3v) is 3.85. The quantitative estimate of drug-likeness (QED) is 0.901. The zero-order valence-electron chi connectivity index (χ0n) is 9.18. The van der Waals surface area contributed by atoms with Gasteiger partial charge in [0.2, 0.25) is 0 Å². The summed E-state index contributed by atoms with van der Waals surface area (Å²) < 4.78 is 13.1. The van der Waals surface area contributed by atoms with Crippen molar-refractivity contribution in [3.8, 4) is 10.4 Å². The molecule has 0 bridgehead atoms. The average Bonchev–Trinajstić information content (AvgIpc) is 2.77. The van der Waals surface area contributed by atoms with E-state index in [1.165, 1.54) is 23.5 Å². The molecule has 4 heteroatoms. The Balaban J connectivity index is 2.33. The molecule has 1 aromatic heterocycles. The number of aliphatic carboxylic acids is 1. The van der Waals surface area contributed by atoms with Gasteiger partial charge in [0.05, 0.1) is 5.92 Å². The molecule has 0 fully saturated rings. The van der Waals surface area contributed by atoms with Crippen molar-refractivity contribution in [2.45, 2.75) is 12.8 Å². The van der Waals surface area contributed by atoms with Crippen LogP contribution in [-0.2, 0) is 4.79 Å². The number of carbonyl (C=O) groups is 1. The minimum atomic E-state index is -0.849. The average molecular weight is 250 g/mol. The highest BCUT2D eigenvalue weighted by Gasteiger charge is 2.16. The minimum absolute atomic E-state index is 0.288. The van der Waals surface area contributed by atoms with Crippen LogP contribution in [0.1, 0.15) is 17.7 Å². The van der Waals surface area contributed by atoms with Gasteiger partial charge in [-0.1, -0.05) is 12.1 Å². The van der Waals surface area contributed by atoms with Crippen LogP contribution in [0, 0.1) is 5.82 Å². The SMILES string of the molecule is CC(C(=O)O)c1ccc(-c2cccc(F)c2)s1. The Morgan fingerprint density at radius 3 is 2.76 bits per heavy atom. The molecule has 0 spiro atoms. The van der Waals surface area contributed by atoms with Gasteiger partial charge in [0.15, 0.2) is 0 Å². The van der Waals surface area contributed by atoms with E-state index in [2.05, 4.69) is 0 Å². The van der Waals surface area contributed by atoms with Gasteiger partial charge in [-0.15, -0.1) is 11.3 Å². The molecule has 0 radical (unpaired) electrons. The van der Waals surface area contributed by atoms with Crippen LogP contribution in [0.3, 0.4) is 0 Å². The molecule has 2 nitrogen and oxygen atoms in total. The van der Waals surface area contributed by atoms with Crippen molar-refractivity contribution in [3.05, 3.63) is 47.1 Å². The second-order valence-electron chi connectivity index (χ2n) is 3.77. The molecule has 0 saturated carbocycles. The Morgan fingerprint density at radius 1 is 1.35 bits per heavy atom. The summed E-state index contributed by atoms with van der Waals surface area (Å²) >= 11 is 1.38. The molecule has 0 aliphatic rings. The standard InChI is InChI=1S/C13H11FO2S/c1-8(13(15)16)11-5-6-12(17-11)9-3-2-4-10(14)7-9/h2-8H,1H3,(H,15,16). The Bertz CT molecular complexity index is 548. The van der Waals surface area contributed by atoms with Gasteiger partial charge in [-0.2, -0.15) is 0 Å². The number of carboxylic acids is 1. The van der Waals surface area contributed by atoms with Crippen LogP contribution in [0.4, 0.5) is 4.39 Å². The van der Waals surface area contributed by atoms with E-state index >= 15 is 0 Å². The summed E-state index contributed by atoms with van der Waals surface area (Å²) in [6.07, 6.45) is 0. The van der Waals surface area contributed by atoms with E-state index in [1.54, 1.807) is 19.1 Å². The highest BCUT2D eigenvalue weighted by atomic mass is 32.1. The van der Waals surface area contributed by atoms with E-state index in [-0.39, 0.29) is 5.82 Å². The lowest BCUT2D eigenvalue weighted by molar-refractivity contribution is -0.138. The molecule has 2 aromatic rings. The first-order valence-electron chi connectivity index (χ1n) is 5.16. The molecule has 0 aliphatic carbocycles. The molecule has 1 heterocycles. The largest absolute Gasteiger partial charge is 0.481 e. The lowest BCUT2D eigenvalue weighted by atomic mass is 10.1. The van der Waals surface area contributed by atoms with Crippen molar-refractivity contribution in [2.75, 3.05) is 0 Å². The third-order valence-electron chi connectivity index (χ3n) is 2.53. The van der Waals surface area contributed by atoms with Crippen LogP contribution >= 0.6 is 11.3 Å². The number of hydrogen-bond acceptors (Lipinski definition) is 2. The molecule has 1 atom stereocenters. The van der Waals surface area contributed by atoms with Crippen molar-refractivity contribution in [1.82, 2.24) is 0 Å². The van der Waals surface area contributed by atoms with Crippen LogP contribution in [0.25, 0.3) is 10.4 Å². The summed E-state index contributed by atoms with van der Waals surface area (Å²) in [7, 11) is 0. The van der Waals surface area contributed by atoms with E-state index in [4.69, 9.17) is 5.11 Å². The molecule has 2 rings (SSSR count). The number of carboxylic acid groups (broad SMARTS) is 1. The molecule has 17 heavy (non-hydrogen) atoms. The molecule has 0 amide bonds. The fourth-order valence-electron chi connectivity index (χ4n) is 1.50. The minimum Gasteiger partial charge on any atom is -0.481 e. The summed E-state index contributed by atoms with van der Waals surface area (Å²) in [5.74, 6) is -1.66. The fraction of sp³-hybridized carbons (Fsp3) is 0.154. The van der Waals surface area contributed by atoms with E-state index in [9.17, 15) is 9.18 Å². The maximum atomic E-state index is 13.1. The van der Waals surface area contributed by atoms with Crippen molar-refractivity contribution >= 4 is 17.3 Å². The van der Waals surface area contributed by atoms with Crippen LogP contribution in [0.5, 0.6) is 0 Å². The highest BCUT2D eigenvalue weighted by Crippen LogP contribution is 2.32. The van der Waals surface area contributed by atoms with Gasteiger partial charge >= 0.3 is 5.97 Å². The zero-order chi connectivity index (χ0) is 12.4. The number of halogens is 1. The monoisotopic (exact) mass is 250 g/mol. The number of hydrogen-bond donors (Lipinski definition) is 1. The Labute approximate surface area is 102 Å². The van der Waals surface area contributed by atoms with Gasteiger partial charge in [-0.05, 0) is 36.8 Å². The van der Waals surface area contributed by atoms with Crippen LogP contribution < -0.4 is 0 Å². The van der Waals surface area contributed by atoms with Gasteiger partial charge in [-0.25, -0.2) is 4.39 Å². The van der Waals surface area contributed by atoms with Gasteiger partial charge in [-0.3, -0.25) is 4.79 Å². The predicted octanol–water partition coefficient (Wildman–Crippen LogP) is 3.74. The molecule has 88 valence electrons. The predicted molar refractivity (Wildman–Crippen MR) is 65.8 cm³/mol. The molecule has 1 aromatic carbocycles. The first-order chi connectivity index (χ1) is 8.08. The third kappa shape index (κ3) is 2.53. The topological polar surface area (TPSA) is 37.3 Å². The molecule has 0 aliphatic heterocycles. The van der Waals surface area contributed by atoms with Gasteiger partial charge < -0.3 is 5.11 Å². The van der Waals surface area contributed by atoms with Crippen molar-refractivity contribution < 1.29 is 14.3 Å². The molecule has 0 saturated heterocycles. The Kier molecular flexibility index (Phi) is 3.24. The Hall–Kier alpha value is -1.68. The maximum absolute atomic E-state index is 13.1. The van der Waals surface area contributed by atoms with Gasteiger partial charge in [0.1, 0.15) is 5.82 Å². The highest BCUT2D eigenvalue weighted by molar-refractivity contribution is 7.15. The summed E-state index contributed by atoms with van der Waals surface area (Å²) in [5.41, 5.74) is 0.777. The summed E-state index contributed by atoms with van der Waals surface area (Å²) in [4.78, 5) is 12.5. The first-order valence-corrected chi connectivity index (χ1v) is 5.98. The van der Waals surface area contributed by atoms with Crippen LogP contribution in [0.15, 0.2) is 36.4 Å². The van der Waals surface area contributed by atoms with Crippen molar-refractivity contribution in [1.29, 1.82) is 0 Å². The summed E-state index contributed by atoms with van der Waals surface area (Å²) in [6.45, 7) is 1.64. The van der Waals surface area contributed by atoms with Gasteiger partial charge in [0, 0.05) is 9.75 Å². The van der Waals surface area contributed by atoms with E-state index in [0.717, 1.165) is 15.3 Å². The second kappa shape index (κ2) is 4.67. The van der Waals surface area contributed by atoms with Crippen molar-refractivity contribution in [3.63, 3.8) is 0 Å². The lowest BCUT2D eigenvalue weighted by Gasteiger charge is -2.01. The van der Waals surface area contributed by atoms with Crippen LogP contribution in [-0.4, -0.2) is 11.1 Å². The van der Waals surface area contributed by atoms with Crippen molar-refractivity contribution in [2.24, 2.45) is 0 Å². The summed E-state index contributed by atoms with van der Waals surface area (Å²) in [5, 5.41) is 8.91. The Morgan fingerprint density at radius 2 is 2.12 bits per heavy atom. The lowest BCUT2D eigenvalue weighted by Crippen LogP contribution is -2.04. The van der Waals surface area contributed by atoms with E-state index < -0.39 is 11.9 Å². The van der Waals surface area contributed by atoms with E-state index in [1.807, 2.05) is 12.1 Å². The fourth-order valence-corrected chi connectivity index (χ4v) is 2.55.